The summed E-state index contributed by atoms with van der Waals surface area (Å²) in [4.78, 5) is 12.4. The second kappa shape index (κ2) is 4.71. The van der Waals surface area contributed by atoms with E-state index in [1.165, 1.54) is 0 Å². The Bertz CT molecular complexity index is 427. The third-order valence-electron chi connectivity index (χ3n) is 2.87. The van der Waals surface area contributed by atoms with Crippen LogP contribution in [0.4, 0.5) is 0 Å². The lowest BCUT2D eigenvalue weighted by atomic mass is 9.95. The van der Waals surface area contributed by atoms with Crippen molar-refractivity contribution >= 4 is 45.1 Å². The zero-order chi connectivity index (χ0) is 11.8. The number of Topliss-reactive ketones (excluding diaryl/α,β-unsaturated/α-hetero) is 1. The Kier molecular flexibility index (Phi) is 3.67. The number of hydrogen-bond acceptors (Lipinski definition) is 2. The molecule has 1 aromatic rings. The Balaban J connectivity index is 2.33. The molecule has 1 aliphatic rings. The molecule has 1 aromatic carbocycles. The molecule has 0 spiro atoms. The monoisotopic (exact) mass is 318 g/mol. The van der Waals surface area contributed by atoms with Crippen LogP contribution in [0.25, 0.3) is 0 Å². The van der Waals surface area contributed by atoms with Gasteiger partial charge in [-0.2, -0.15) is 0 Å². The van der Waals surface area contributed by atoms with Gasteiger partial charge >= 0.3 is 0 Å². The van der Waals surface area contributed by atoms with E-state index in [0.717, 1.165) is 28.6 Å². The van der Waals surface area contributed by atoms with E-state index in [4.69, 9.17) is 11.6 Å². The van der Waals surface area contributed by atoms with E-state index in [-0.39, 0.29) is 10.5 Å². The first-order valence-electron chi connectivity index (χ1n) is 5.17. The summed E-state index contributed by atoms with van der Waals surface area (Å²) in [6.45, 7) is 2.04. The van der Waals surface area contributed by atoms with Crippen molar-refractivity contribution in [2.75, 3.05) is 5.75 Å². The summed E-state index contributed by atoms with van der Waals surface area (Å²) in [6.07, 6.45) is 2.09. The average molecular weight is 320 g/mol. The number of ketones is 1. The summed E-state index contributed by atoms with van der Waals surface area (Å²) in [5.41, 5.74) is 0.737. The van der Waals surface area contributed by atoms with Crippen LogP contribution in [-0.2, 0) is 0 Å². The summed E-state index contributed by atoms with van der Waals surface area (Å²) in [5, 5.41) is 0.646. The second-order valence-corrected chi connectivity index (χ2v) is 7.02. The van der Waals surface area contributed by atoms with Gasteiger partial charge in [-0.25, -0.2) is 0 Å². The maximum Gasteiger partial charge on any atom is 0.179 e. The van der Waals surface area contributed by atoms with Crippen LogP contribution in [0.3, 0.4) is 0 Å². The van der Waals surface area contributed by atoms with Crippen molar-refractivity contribution in [3.8, 4) is 0 Å². The number of hydrogen-bond donors (Lipinski definition) is 0. The summed E-state index contributed by atoms with van der Waals surface area (Å²) in [5.74, 6) is 1.28. The molecule has 0 amide bonds. The highest BCUT2D eigenvalue weighted by Crippen LogP contribution is 2.41. The van der Waals surface area contributed by atoms with E-state index >= 15 is 0 Å². The number of carbonyl (C=O) groups is 1. The van der Waals surface area contributed by atoms with Gasteiger partial charge in [0.1, 0.15) is 0 Å². The van der Waals surface area contributed by atoms with Gasteiger partial charge in [0.15, 0.2) is 5.78 Å². The van der Waals surface area contributed by atoms with Crippen LogP contribution in [0.5, 0.6) is 0 Å². The third-order valence-corrected chi connectivity index (χ3v) is 5.29. The molecule has 16 heavy (non-hydrogen) atoms. The molecule has 2 rings (SSSR count). The van der Waals surface area contributed by atoms with Gasteiger partial charge in [0.25, 0.3) is 0 Å². The SMILES string of the molecule is CC1(C(=O)c2ccc(Cl)cc2Br)CCCS1. The van der Waals surface area contributed by atoms with E-state index < -0.39 is 0 Å². The van der Waals surface area contributed by atoms with Gasteiger partial charge in [-0.05, 0) is 59.6 Å². The zero-order valence-corrected chi connectivity index (χ0v) is 12.1. The summed E-state index contributed by atoms with van der Waals surface area (Å²) in [7, 11) is 0. The molecule has 0 radical (unpaired) electrons. The second-order valence-electron chi connectivity index (χ2n) is 4.14. The fourth-order valence-electron chi connectivity index (χ4n) is 1.92. The first-order chi connectivity index (χ1) is 7.53. The molecule has 0 N–H and O–H groups in total. The molecule has 1 saturated heterocycles. The fourth-order valence-corrected chi connectivity index (χ4v) is 4.05. The van der Waals surface area contributed by atoms with Gasteiger partial charge in [0.05, 0.1) is 4.75 Å². The van der Waals surface area contributed by atoms with Crippen molar-refractivity contribution in [1.29, 1.82) is 0 Å². The lowest BCUT2D eigenvalue weighted by Gasteiger charge is -2.21. The van der Waals surface area contributed by atoms with Gasteiger partial charge < -0.3 is 0 Å². The Morgan fingerprint density at radius 2 is 2.31 bits per heavy atom. The van der Waals surface area contributed by atoms with E-state index in [9.17, 15) is 4.79 Å². The quantitative estimate of drug-likeness (QED) is 0.743. The van der Waals surface area contributed by atoms with E-state index in [2.05, 4.69) is 15.9 Å². The van der Waals surface area contributed by atoms with Crippen molar-refractivity contribution in [3.63, 3.8) is 0 Å². The number of halogens is 2. The molecule has 86 valence electrons. The predicted octanol–water partition coefficient (Wildman–Crippen LogP) is 4.57. The molecule has 0 saturated carbocycles. The molecule has 1 aliphatic heterocycles. The molecule has 1 fully saturated rings. The minimum atomic E-state index is -0.254. The van der Waals surface area contributed by atoms with Crippen molar-refractivity contribution in [1.82, 2.24) is 0 Å². The topological polar surface area (TPSA) is 17.1 Å². The molecule has 0 aliphatic carbocycles. The largest absolute Gasteiger partial charge is 0.293 e. The van der Waals surface area contributed by atoms with E-state index in [1.807, 2.05) is 6.92 Å². The van der Waals surface area contributed by atoms with Crippen LogP contribution < -0.4 is 0 Å². The summed E-state index contributed by atoms with van der Waals surface area (Å²) in [6, 6.07) is 5.35. The smallest absolute Gasteiger partial charge is 0.179 e. The number of carbonyl (C=O) groups excluding carboxylic acids is 1. The Hall–Kier alpha value is 0.01000. The van der Waals surface area contributed by atoms with Crippen LogP contribution in [-0.4, -0.2) is 16.3 Å². The Morgan fingerprint density at radius 1 is 1.56 bits per heavy atom. The number of benzene rings is 1. The minimum Gasteiger partial charge on any atom is -0.293 e. The van der Waals surface area contributed by atoms with Crippen LogP contribution in [0, 0.1) is 0 Å². The Morgan fingerprint density at radius 3 is 2.88 bits per heavy atom. The summed E-state index contributed by atoms with van der Waals surface area (Å²) < 4.78 is 0.537. The van der Waals surface area contributed by atoms with Gasteiger partial charge in [0, 0.05) is 15.1 Å². The van der Waals surface area contributed by atoms with Crippen molar-refractivity contribution in [3.05, 3.63) is 33.3 Å². The minimum absolute atomic E-state index is 0.207. The van der Waals surface area contributed by atoms with Crippen LogP contribution in [0.2, 0.25) is 5.02 Å². The first-order valence-corrected chi connectivity index (χ1v) is 7.32. The highest BCUT2D eigenvalue weighted by atomic mass is 79.9. The number of thioether (sulfide) groups is 1. The van der Waals surface area contributed by atoms with E-state index in [1.54, 1.807) is 30.0 Å². The van der Waals surface area contributed by atoms with Crippen LogP contribution in [0.15, 0.2) is 22.7 Å². The van der Waals surface area contributed by atoms with Crippen molar-refractivity contribution in [2.24, 2.45) is 0 Å². The molecular weight excluding hydrogens is 308 g/mol. The highest BCUT2D eigenvalue weighted by Gasteiger charge is 2.38. The molecule has 4 heteroatoms. The molecule has 1 heterocycles. The van der Waals surface area contributed by atoms with E-state index in [0.29, 0.717) is 5.02 Å². The van der Waals surface area contributed by atoms with Crippen molar-refractivity contribution in [2.45, 2.75) is 24.5 Å². The predicted molar refractivity (Wildman–Crippen MR) is 73.6 cm³/mol. The lowest BCUT2D eigenvalue weighted by molar-refractivity contribution is 0.0948. The fraction of sp³-hybridized carbons (Fsp3) is 0.417. The lowest BCUT2D eigenvalue weighted by Crippen LogP contribution is -2.28. The molecule has 1 nitrogen and oxygen atoms in total. The van der Waals surface area contributed by atoms with Crippen LogP contribution >= 0.6 is 39.3 Å². The van der Waals surface area contributed by atoms with Gasteiger partial charge in [-0.15, -0.1) is 11.8 Å². The van der Waals surface area contributed by atoms with Gasteiger partial charge in [-0.1, -0.05) is 11.6 Å². The molecule has 1 atom stereocenters. The molecular formula is C12H12BrClOS. The van der Waals surface area contributed by atoms with Gasteiger partial charge in [0.2, 0.25) is 0 Å². The normalized spacial score (nSPS) is 24.7. The van der Waals surface area contributed by atoms with Crippen molar-refractivity contribution < 1.29 is 4.79 Å². The van der Waals surface area contributed by atoms with Crippen LogP contribution in [0.1, 0.15) is 30.1 Å². The maximum atomic E-state index is 12.4. The Labute approximate surface area is 113 Å². The third kappa shape index (κ3) is 2.31. The maximum absolute atomic E-state index is 12.4. The average Bonchev–Trinajstić information content (AvgIpc) is 2.66. The first kappa shape index (κ1) is 12.5. The summed E-state index contributed by atoms with van der Waals surface area (Å²) >= 11 is 11.0. The molecule has 0 aromatic heterocycles. The zero-order valence-electron chi connectivity index (χ0n) is 8.93. The van der Waals surface area contributed by atoms with Gasteiger partial charge in [-0.3, -0.25) is 4.79 Å². The number of rotatable bonds is 2. The standard InChI is InChI=1S/C12H12BrClOS/c1-12(5-2-6-16-12)11(15)9-4-3-8(14)7-10(9)13/h3-4,7H,2,5-6H2,1H3. The molecule has 0 bridgehead atoms. The molecule has 1 unspecified atom stereocenters. The highest BCUT2D eigenvalue weighted by molar-refractivity contribution is 9.10.